The smallest absolute Gasteiger partial charge is 0.0651 e. The van der Waals surface area contributed by atoms with Crippen molar-refractivity contribution in [1.29, 1.82) is 0 Å². The van der Waals surface area contributed by atoms with Crippen LogP contribution >= 0.6 is 0 Å². The molecule has 2 unspecified atom stereocenters. The summed E-state index contributed by atoms with van der Waals surface area (Å²) in [6.45, 7) is 5.92. The first-order valence-electron chi connectivity index (χ1n) is 5.74. The van der Waals surface area contributed by atoms with Gasteiger partial charge in [0.25, 0.3) is 0 Å². The molecule has 2 aliphatic heterocycles. The molecule has 0 aromatic rings. The second-order valence-corrected chi connectivity index (χ2v) is 4.76. The van der Waals surface area contributed by atoms with Gasteiger partial charge in [-0.2, -0.15) is 0 Å². The Morgan fingerprint density at radius 1 is 1.50 bits per heavy atom. The summed E-state index contributed by atoms with van der Waals surface area (Å²) in [6, 6.07) is 0. The molecule has 0 radical (unpaired) electrons. The van der Waals surface area contributed by atoms with Gasteiger partial charge in [0.05, 0.1) is 12.7 Å². The zero-order valence-electron chi connectivity index (χ0n) is 9.04. The Balaban J connectivity index is 1.90. The average molecular weight is 199 g/mol. The zero-order chi connectivity index (χ0) is 10.0. The molecule has 0 amide bonds. The van der Waals surface area contributed by atoms with E-state index in [1.165, 1.54) is 25.8 Å². The van der Waals surface area contributed by atoms with Crippen LogP contribution in [0.1, 0.15) is 32.6 Å². The minimum absolute atomic E-state index is 0.171. The lowest BCUT2D eigenvalue weighted by Crippen LogP contribution is -2.45. The molecular formula is C11H21NO2. The fourth-order valence-corrected chi connectivity index (χ4v) is 2.73. The Morgan fingerprint density at radius 2 is 2.36 bits per heavy atom. The lowest BCUT2D eigenvalue weighted by atomic mass is 9.95. The van der Waals surface area contributed by atoms with Crippen LogP contribution in [0.15, 0.2) is 0 Å². The van der Waals surface area contributed by atoms with E-state index in [1.54, 1.807) is 0 Å². The predicted octanol–water partition coefficient (Wildman–Crippen LogP) is 1.01. The Hall–Kier alpha value is -0.120. The first-order chi connectivity index (χ1) is 6.73. The van der Waals surface area contributed by atoms with Gasteiger partial charge < -0.3 is 9.84 Å². The van der Waals surface area contributed by atoms with Gasteiger partial charge in [0.1, 0.15) is 0 Å². The predicted molar refractivity (Wildman–Crippen MR) is 55.3 cm³/mol. The summed E-state index contributed by atoms with van der Waals surface area (Å²) in [5, 5.41) is 9.29. The molecule has 1 spiro atoms. The van der Waals surface area contributed by atoms with Gasteiger partial charge in [-0.1, -0.05) is 0 Å². The van der Waals surface area contributed by atoms with E-state index in [0.717, 1.165) is 26.2 Å². The highest BCUT2D eigenvalue weighted by molar-refractivity contribution is 4.98. The van der Waals surface area contributed by atoms with Crippen molar-refractivity contribution in [3.05, 3.63) is 0 Å². The zero-order valence-corrected chi connectivity index (χ0v) is 9.04. The largest absolute Gasteiger partial charge is 0.393 e. The standard InChI is InChI=1S/C11H21NO2/c1-10(13)3-7-12-6-2-4-11(12)5-8-14-9-11/h10,13H,2-9H2,1H3. The van der Waals surface area contributed by atoms with E-state index in [4.69, 9.17) is 4.74 Å². The van der Waals surface area contributed by atoms with Crippen LogP contribution in [0.3, 0.4) is 0 Å². The summed E-state index contributed by atoms with van der Waals surface area (Å²) < 4.78 is 5.52. The van der Waals surface area contributed by atoms with Crippen LogP contribution in [-0.4, -0.2) is 48.0 Å². The third kappa shape index (κ3) is 1.95. The van der Waals surface area contributed by atoms with Crippen LogP contribution < -0.4 is 0 Å². The van der Waals surface area contributed by atoms with E-state index in [0.29, 0.717) is 5.54 Å². The number of hydrogen-bond donors (Lipinski definition) is 1. The highest BCUT2D eigenvalue weighted by Gasteiger charge is 2.43. The van der Waals surface area contributed by atoms with Crippen molar-refractivity contribution in [3.8, 4) is 0 Å². The van der Waals surface area contributed by atoms with Crippen LogP contribution in [0.25, 0.3) is 0 Å². The molecule has 82 valence electrons. The molecule has 2 saturated heterocycles. The monoisotopic (exact) mass is 199 g/mol. The van der Waals surface area contributed by atoms with Gasteiger partial charge in [0, 0.05) is 18.7 Å². The van der Waals surface area contributed by atoms with Crippen LogP contribution in [0, 0.1) is 0 Å². The van der Waals surface area contributed by atoms with Crippen molar-refractivity contribution in [2.45, 2.75) is 44.2 Å². The maximum absolute atomic E-state index is 9.29. The number of rotatable bonds is 3. The summed E-state index contributed by atoms with van der Waals surface area (Å²) in [6.07, 6.45) is 4.49. The molecule has 2 heterocycles. The van der Waals surface area contributed by atoms with Crippen LogP contribution in [0.5, 0.6) is 0 Å². The summed E-state index contributed by atoms with van der Waals surface area (Å²) in [7, 11) is 0. The highest BCUT2D eigenvalue weighted by Crippen LogP contribution is 2.36. The van der Waals surface area contributed by atoms with Crippen molar-refractivity contribution >= 4 is 0 Å². The summed E-state index contributed by atoms with van der Waals surface area (Å²) in [5.74, 6) is 0. The normalized spacial score (nSPS) is 35.6. The third-order valence-electron chi connectivity index (χ3n) is 3.64. The molecule has 1 N–H and O–H groups in total. The second kappa shape index (κ2) is 4.17. The highest BCUT2D eigenvalue weighted by atomic mass is 16.5. The van der Waals surface area contributed by atoms with Crippen LogP contribution in [0.4, 0.5) is 0 Å². The van der Waals surface area contributed by atoms with Crippen molar-refractivity contribution in [1.82, 2.24) is 4.90 Å². The molecule has 2 aliphatic rings. The van der Waals surface area contributed by atoms with Gasteiger partial charge in [-0.15, -0.1) is 0 Å². The molecule has 0 aromatic carbocycles. The number of ether oxygens (including phenoxy) is 1. The van der Waals surface area contributed by atoms with Crippen LogP contribution in [-0.2, 0) is 4.74 Å². The molecule has 0 aliphatic carbocycles. The molecule has 0 saturated carbocycles. The maximum atomic E-state index is 9.29. The molecule has 3 heteroatoms. The SMILES string of the molecule is CC(O)CCN1CCCC12CCOC2. The molecule has 2 fully saturated rings. The lowest BCUT2D eigenvalue weighted by Gasteiger charge is -2.33. The first-order valence-corrected chi connectivity index (χ1v) is 5.74. The van der Waals surface area contributed by atoms with E-state index in [9.17, 15) is 5.11 Å². The third-order valence-corrected chi connectivity index (χ3v) is 3.64. The maximum Gasteiger partial charge on any atom is 0.0651 e. The minimum Gasteiger partial charge on any atom is -0.393 e. The van der Waals surface area contributed by atoms with E-state index in [2.05, 4.69) is 4.90 Å². The van der Waals surface area contributed by atoms with Crippen molar-refractivity contribution in [3.63, 3.8) is 0 Å². The van der Waals surface area contributed by atoms with Crippen LogP contribution in [0.2, 0.25) is 0 Å². The topological polar surface area (TPSA) is 32.7 Å². The van der Waals surface area contributed by atoms with Gasteiger partial charge in [-0.3, -0.25) is 4.90 Å². The molecule has 0 aromatic heterocycles. The van der Waals surface area contributed by atoms with Gasteiger partial charge in [0.15, 0.2) is 0 Å². The van der Waals surface area contributed by atoms with Crippen molar-refractivity contribution < 1.29 is 9.84 Å². The first kappa shape index (κ1) is 10.4. The minimum atomic E-state index is -0.171. The van der Waals surface area contributed by atoms with Gasteiger partial charge in [-0.05, 0) is 39.2 Å². The number of aliphatic hydroxyl groups excluding tert-OH is 1. The fraction of sp³-hybridized carbons (Fsp3) is 1.00. The van der Waals surface area contributed by atoms with E-state index >= 15 is 0 Å². The molecular weight excluding hydrogens is 178 g/mol. The Labute approximate surface area is 86.0 Å². The summed E-state index contributed by atoms with van der Waals surface area (Å²) >= 11 is 0. The van der Waals surface area contributed by atoms with Crippen molar-refractivity contribution in [2.75, 3.05) is 26.3 Å². The number of aliphatic hydroxyl groups is 1. The molecule has 2 atom stereocenters. The fourth-order valence-electron chi connectivity index (χ4n) is 2.73. The van der Waals surface area contributed by atoms with Gasteiger partial charge in [-0.25, -0.2) is 0 Å². The van der Waals surface area contributed by atoms with Crippen molar-refractivity contribution in [2.24, 2.45) is 0 Å². The average Bonchev–Trinajstić information content (AvgIpc) is 2.74. The Kier molecular flexibility index (Phi) is 3.10. The molecule has 2 rings (SSSR count). The van der Waals surface area contributed by atoms with E-state index in [-0.39, 0.29) is 6.10 Å². The Bertz CT molecular complexity index is 182. The quantitative estimate of drug-likeness (QED) is 0.736. The Morgan fingerprint density at radius 3 is 3.00 bits per heavy atom. The summed E-state index contributed by atoms with van der Waals surface area (Å²) in [5.41, 5.74) is 0.342. The van der Waals surface area contributed by atoms with Gasteiger partial charge in [0.2, 0.25) is 0 Å². The summed E-state index contributed by atoms with van der Waals surface area (Å²) in [4.78, 5) is 2.53. The second-order valence-electron chi connectivity index (χ2n) is 4.76. The number of hydrogen-bond acceptors (Lipinski definition) is 3. The molecule has 3 nitrogen and oxygen atoms in total. The number of likely N-dealkylation sites (tertiary alicyclic amines) is 1. The van der Waals surface area contributed by atoms with E-state index in [1.807, 2.05) is 6.92 Å². The van der Waals surface area contributed by atoms with E-state index < -0.39 is 0 Å². The molecule has 14 heavy (non-hydrogen) atoms. The molecule has 0 bridgehead atoms. The lowest BCUT2D eigenvalue weighted by molar-refractivity contribution is 0.0842. The number of nitrogens with zero attached hydrogens (tertiary/aromatic N) is 1. The van der Waals surface area contributed by atoms with Gasteiger partial charge >= 0.3 is 0 Å².